The highest BCUT2D eigenvalue weighted by Gasteiger charge is 2.24. The molecule has 156 valence electrons. The molecule has 0 aromatic heterocycles. The molecule has 3 nitrogen and oxygen atoms in total. The number of unbranched alkanes of at least 4 members (excludes halogenated alkanes) is 11. The summed E-state index contributed by atoms with van der Waals surface area (Å²) in [7, 11) is 0. The first-order valence-corrected chi connectivity index (χ1v) is 11.4. The van der Waals surface area contributed by atoms with Crippen molar-refractivity contribution < 1.29 is 9.84 Å². The number of aliphatic hydroxyl groups excluding tert-OH is 1. The Bertz CT molecular complexity index is 567. The highest BCUT2D eigenvalue weighted by Crippen LogP contribution is 2.16. The topological polar surface area (TPSA) is 41.8 Å². The summed E-state index contributed by atoms with van der Waals surface area (Å²) in [5, 5.41) is 10.3. The minimum Gasteiger partial charge on any atom is -0.475 e. The first-order valence-electron chi connectivity index (χ1n) is 11.4. The van der Waals surface area contributed by atoms with Gasteiger partial charge in [0.2, 0.25) is 5.90 Å². The SMILES string of the molecule is CCCCCCCCCCCCCC=CC(O)C1COC(c2ccccc2)=N1. The van der Waals surface area contributed by atoms with Crippen LogP contribution in [0.2, 0.25) is 0 Å². The summed E-state index contributed by atoms with van der Waals surface area (Å²) < 4.78 is 5.65. The number of hydrogen-bond acceptors (Lipinski definition) is 3. The second-order valence-electron chi connectivity index (χ2n) is 7.92. The zero-order valence-electron chi connectivity index (χ0n) is 17.7. The van der Waals surface area contributed by atoms with Gasteiger partial charge in [-0.3, -0.25) is 0 Å². The predicted octanol–water partition coefficient (Wildman–Crippen LogP) is 6.45. The van der Waals surface area contributed by atoms with Crippen molar-refractivity contribution >= 4 is 5.90 Å². The zero-order chi connectivity index (χ0) is 19.9. The van der Waals surface area contributed by atoms with Gasteiger partial charge in [-0.25, -0.2) is 4.99 Å². The van der Waals surface area contributed by atoms with Gasteiger partial charge in [-0.2, -0.15) is 0 Å². The van der Waals surface area contributed by atoms with E-state index in [2.05, 4.69) is 18.0 Å². The summed E-state index contributed by atoms with van der Waals surface area (Å²) in [5.41, 5.74) is 0.974. The lowest BCUT2D eigenvalue weighted by Crippen LogP contribution is -2.23. The third-order valence-electron chi connectivity index (χ3n) is 5.40. The van der Waals surface area contributed by atoms with Crippen LogP contribution in [0.4, 0.5) is 0 Å². The van der Waals surface area contributed by atoms with Crippen molar-refractivity contribution in [2.24, 2.45) is 4.99 Å². The van der Waals surface area contributed by atoms with E-state index < -0.39 is 6.10 Å². The Hall–Kier alpha value is -1.61. The van der Waals surface area contributed by atoms with Gasteiger partial charge < -0.3 is 9.84 Å². The Morgan fingerprint density at radius 1 is 0.964 bits per heavy atom. The van der Waals surface area contributed by atoms with Crippen LogP contribution in [0.3, 0.4) is 0 Å². The Labute approximate surface area is 171 Å². The Balaban J connectivity index is 1.49. The second kappa shape index (κ2) is 14.4. The summed E-state index contributed by atoms with van der Waals surface area (Å²) >= 11 is 0. The van der Waals surface area contributed by atoms with E-state index in [1.165, 1.54) is 70.6 Å². The molecule has 1 aliphatic heterocycles. The number of hydrogen-bond donors (Lipinski definition) is 1. The maximum atomic E-state index is 10.3. The highest BCUT2D eigenvalue weighted by molar-refractivity contribution is 5.95. The number of aliphatic hydroxyl groups is 1. The number of aliphatic imine (C=N–C) groups is 1. The molecule has 2 rings (SSSR count). The van der Waals surface area contributed by atoms with Gasteiger partial charge in [0, 0.05) is 5.56 Å². The molecular weight excluding hydrogens is 346 g/mol. The van der Waals surface area contributed by atoms with E-state index in [1.54, 1.807) is 0 Å². The molecule has 0 radical (unpaired) electrons. The predicted molar refractivity (Wildman–Crippen MR) is 119 cm³/mol. The number of allylic oxidation sites excluding steroid dienone is 1. The molecule has 1 aromatic carbocycles. The van der Waals surface area contributed by atoms with Gasteiger partial charge in [0.1, 0.15) is 12.6 Å². The zero-order valence-corrected chi connectivity index (χ0v) is 17.7. The van der Waals surface area contributed by atoms with Gasteiger partial charge in [-0.15, -0.1) is 0 Å². The molecule has 28 heavy (non-hydrogen) atoms. The van der Waals surface area contributed by atoms with Crippen LogP contribution in [0.15, 0.2) is 47.5 Å². The van der Waals surface area contributed by atoms with Crippen LogP contribution >= 0.6 is 0 Å². The fraction of sp³-hybridized carbons (Fsp3) is 0.640. The molecule has 0 fully saturated rings. The lowest BCUT2D eigenvalue weighted by molar-refractivity contribution is 0.168. The Morgan fingerprint density at radius 2 is 1.57 bits per heavy atom. The van der Waals surface area contributed by atoms with E-state index in [-0.39, 0.29) is 6.04 Å². The van der Waals surface area contributed by atoms with Crippen molar-refractivity contribution in [2.75, 3.05) is 6.61 Å². The van der Waals surface area contributed by atoms with Crippen LogP contribution < -0.4 is 0 Å². The lowest BCUT2D eigenvalue weighted by atomic mass is 10.0. The molecule has 1 heterocycles. The number of ether oxygens (including phenoxy) is 1. The molecule has 0 amide bonds. The molecule has 1 N–H and O–H groups in total. The molecule has 0 saturated carbocycles. The van der Waals surface area contributed by atoms with Crippen LogP contribution in [0.1, 0.15) is 89.5 Å². The van der Waals surface area contributed by atoms with Gasteiger partial charge in [-0.05, 0) is 25.0 Å². The van der Waals surface area contributed by atoms with Crippen molar-refractivity contribution in [3.8, 4) is 0 Å². The third-order valence-corrected chi connectivity index (χ3v) is 5.40. The van der Waals surface area contributed by atoms with Crippen LogP contribution in [0.25, 0.3) is 0 Å². The summed E-state index contributed by atoms with van der Waals surface area (Å²) in [4.78, 5) is 4.53. The van der Waals surface area contributed by atoms with Crippen molar-refractivity contribution in [3.63, 3.8) is 0 Å². The van der Waals surface area contributed by atoms with Crippen LogP contribution in [-0.2, 0) is 4.74 Å². The van der Waals surface area contributed by atoms with Crippen molar-refractivity contribution in [2.45, 2.75) is 96.1 Å². The molecule has 0 saturated heterocycles. The number of nitrogens with zero attached hydrogens (tertiary/aromatic N) is 1. The normalized spacial score (nSPS) is 17.6. The van der Waals surface area contributed by atoms with E-state index in [4.69, 9.17) is 4.74 Å². The summed E-state index contributed by atoms with van der Waals surface area (Å²) in [6.45, 7) is 2.73. The van der Waals surface area contributed by atoms with Gasteiger partial charge in [0.15, 0.2) is 0 Å². The minimum atomic E-state index is -0.561. The molecule has 3 heteroatoms. The molecule has 1 aliphatic rings. The van der Waals surface area contributed by atoms with Crippen molar-refractivity contribution in [3.05, 3.63) is 48.0 Å². The smallest absolute Gasteiger partial charge is 0.216 e. The number of benzene rings is 1. The second-order valence-corrected chi connectivity index (χ2v) is 7.92. The molecule has 0 spiro atoms. The Kier molecular flexibility index (Phi) is 11.7. The fourth-order valence-electron chi connectivity index (χ4n) is 3.59. The largest absolute Gasteiger partial charge is 0.475 e. The van der Waals surface area contributed by atoms with Crippen molar-refractivity contribution in [1.82, 2.24) is 0 Å². The first-order chi connectivity index (χ1) is 13.8. The van der Waals surface area contributed by atoms with Crippen LogP contribution in [0, 0.1) is 0 Å². The van der Waals surface area contributed by atoms with E-state index >= 15 is 0 Å². The molecule has 2 atom stereocenters. The highest BCUT2D eigenvalue weighted by atomic mass is 16.5. The maximum absolute atomic E-state index is 10.3. The summed E-state index contributed by atoms with van der Waals surface area (Å²) in [5.74, 6) is 0.642. The molecule has 0 aliphatic carbocycles. The van der Waals surface area contributed by atoms with E-state index in [0.717, 1.165) is 12.0 Å². The Morgan fingerprint density at radius 3 is 2.21 bits per heavy atom. The van der Waals surface area contributed by atoms with Gasteiger partial charge >= 0.3 is 0 Å². The van der Waals surface area contributed by atoms with Gasteiger partial charge in [-0.1, -0.05) is 101 Å². The quantitative estimate of drug-likeness (QED) is 0.278. The molecular formula is C25H39NO2. The first kappa shape index (κ1) is 22.7. The van der Waals surface area contributed by atoms with Gasteiger partial charge in [0.05, 0.1) is 6.10 Å². The lowest BCUT2D eigenvalue weighted by Gasteiger charge is -2.08. The molecule has 2 unspecified atom stereocenters. The molecule has 0 bridgehead atoms. The summed E-state index contributed by atoms with van der Waals surface area (Å²) in [6, 6.07) is 9.69. The average Bonchev–Trinajstić information content (AvgIpc) is 3.22. The van der Waals surface area contributed by atoms with Crippen LogP contribution in [0.5, 0.6) is 0 Å². The monoisotopic (exact) mass is 385 g/mol. The van der Waals surface area contributed by atoms with Crippen molar-refractivity contribution in [1.29, 1.82) is 0 Å². The third kappa shape index (κ3) is 9.05. The van der Waals surface area contributed by atoms with Gasteiger partial charge in [0.25, 0.3) is 0 Å². The van der Waals surface area contributed by atoms with E-state index in [9.17, 15) is 5.11 Å². The molecule has 1 aromatic rings. The summed E-state index contributed by atoms with van der Waals surface area (Å²) in [6.07, 6.45) is 19.5. The fourth-order valence-corrected chi connectivity index (χ4v) is 3.59. The minimum absolute atomic E-state index is 0.191. The maximum Gasteiger partial charge on any atom is 0.216 e. The van der Waals surface area contributed by atoms with Crippen LogP contribution in [-0.4, -0.2) is 29.8 Å². The van der Waals surface area contributed by atoms with E-state index in [1.807, 2.05) is 36.4 Å². The number of rotatable bonds is 15. The standard InChI is InChI=1S/C25H39NO2/c1-2-3-4-5-6-7-8-9-10-11-12-13-17-20-24(27)23-21-28-25(26-23)22-18-15-14-16-19-22/h14-20,23-24,27H,2-13,21H2,1H3. The van der Waals surface area contributed by atoms with E-state index in [0.29, 0.717) is 12.5 Å². The average molecular weight is 386 g/mol.